The Morgan fingerprint density at radius 2 is 1.42 bits per heavy atom. The number of hydrogen-bond donors (Lipinski definition) is 2. The number of benzene rings is 3. The number of rotatable bonds is 8. The molecule has 2 aliphatic carbocycles. The SMILES string of the molecule is O=C(O)C1(CNC2=C(Cl)C(Oc3ccccc3)c3ccccc3C2Oc2ccccc2)C=CC=CC1. The fourth-order valence-corrected chi connectivity index (χ4v) is 4.84. The van der Waals surface area contributed by atoms with E-state index in [1.54, 1.807) is 12.2 Å². The quantitative estimate of drug-likeness (QED) is 0.367. The molecule has 3 atom stereocenters. The molecular weight excluding hydrogens is 474 g/mol. The summed E-state index contributed by atoms with van der Waals surface area (Å²) in [5, 5.41) is 13.9. The van der Waals surface area contributed by atoms with Gasteiger partial charge in [0, 0.05) is 17.7 Å². The van der Waals surface area contributed by atoms with Crippen molar-refractivity contribution in [1.29, 1.82) is 0 Å². The first-order chi connectivity index (χ1) is 17.6. The zero-order chi connectivity index (χ0) is 25.0. The van der Waals surface area contributed by atoms with Crippen molar-refractivity contribution < 1.29 is 19.4 Å². The highest BCUT2D eigenvalue weighted by Crippen LogP contribution is 2.45. The minimum Gasteiger partial charge on any atom is -0.481 e. The van der Waals surface area contributed by atoms with E-state index in [4.69, 9.17) is 21.1 Å². The van der Waals surface area contributed by atoms with Crippen molar-refractivity contribution in [1.82, 2.24) is 5.32 Å². The third-order valence-corrected chi connectivity index (χ3v) is 6.87. The lowest BCUT2D eigenvalue weighted by atomic mass is 9.81. The van der Waals surface area contributed by atoms with Crippen LogP contribution in [0.2, 0.25) is 0 Å². The zero-order valence-electron chi connectivity index (χ0n) is 19.5. The van der Waals surface area contributed by atoms with Crippen molar-refractivity contribution in [2.75, 3.05) is 6.54 Å². The summed E-state index contributed by atoms with van der Waals surface area (Å²) in [6, 6.07) is 26.9. The van der Waals surface area contributed by atoms with Crippen LogP contribution in [0.4, 0.5) is 0 Å². The first kappa shape index (κ1) is 23.8. The Morgan fingerprint density at radius 1 is 0.861 bits per heavy atom. The molecule has 2 aliphatic rings. The monoisotopic (exact) mass is 499 g/mol. The summed E-state index contributed by atoms with van der Waals surface area (Å²) >= 11 is 7.06. The summed E-state index contributed by atoms with van der Waals surface area (Å²) in [4.78, 5) is 12.3. The minimum atomic E-state index is -1.09. The molecule has 6 heteroatoms. The predicted molar refractivity (Wildman–Crippen MR) is 140 cm³/mol. The first-order valence-corrected chi connectivity index (χ1v) is 12.2. The van der Waals surface area contributed by atoms with E-state index in [9.17, 15) is 9.90 Å². The van der Waals surface area contributed by atoms with Crippen molar-refractivity contribution in [3.63, 3.8) is 0 Å². The number of hydrogen-bond acceptors (Lipinski definition) is 4. The molecule has 0 amide bonds. The molecule has 5 rings (SSSR count). The summed E-state index contributed by atoms with van der Waals surface area (Å²) in [5.41, 5.74) is 1.29. The molecule has 0 aromatic heterocycles. The minimum absolute atomic E-state index is 0.142. The molecule has 3 aromatic carbocycles. The second-order valence-corrected chi connectivity index (χ2v) is 9.23. The number of para-hydroxylation sites is 2. The number of carboxylic acids is 1. The Morgan fingerprint density at radius 3 is 1.97 bits per heavy atom. The van der Waals surface area contributed by atoms with Gasteiger partial charge in [0.1, 0.15) is 16.9 Å². The topological polar surface area (TPSA) is 67.8 Å². The molecule has 3 aromatic rings. The highest BCUT2D eigenvalue weighted by Gasteiger charge is 2.40. The van der Waals surface area contributed by atoms with E-state index in [0.29, 0.717) is 28.6 Å². The number of ether oxygens (including phenoxy) is 2. The summed E-state index contributed by atoms with van der Waals surface area (Å²) in [6.45, 7) is 0.142. The van der Waals surface area contributed by atoms with Gasteiger partial charge in [0.15, 0.2) is 12.2 Å². The average molecular weight is 500 g/mol. The molecule has 0 saturated heterocycles. The van der Waals surface area contributed by atoms with E-state index in [1.807, 2.05) is 97.1 Å². The van der Waals surface area contributed by atoms with Gasteiger partial charge in [0.2, 0.25) is 0 Å². The third kappa shape index (κ3) is 4.75. The van der Waals surface area contributed by atoms with Crippen LogP contribution in [-0.4, -0.2) is 17.6 Å². The van der Waals surface area contributed by atoms with E-state index < -0.39 is 23.6 Å². The van der Waals surface area contributed by atoms with Crippen LogP contribution >= 0.6 is 11.6 Å². The van der Waals surface area contributed by atoms with Crippen molar-refractivity contribution in [2.45, 2.75) is 18.6 Å². The Kier molecular flexibility index (Phi) is 6.83. The Labute approximate surface area is 215 Å². The number of allylic oxidation sites excluding steroid dienone is 3. The van der Waals surface area contributed by atoms with Crippen LogP contribution in [0, 0.1) is 5.41 Å². The van der Waals surface area contributed by atoms with Crippen molar-refractivity contribution in [3.05, 3.63) is 131 Å². The van der Waals surface area contributed by atoms with Crippen LogP contribution in [0.25, 0.3) is 0 Å². The van der Waals surface area contributed by atoms with Crippen molar-refractivity contribution in [2.24, 2.45) is 5.41 Å². The third-order valence-electron chi connectivity index (χ3n) is 6.47. The normalized spacial score (nSPS) is 22.6. The standard InChI is InChI=1S/C30H26ClNO4/c31-25-26(32-20-30(29(33)34)18-10-3-11-19-30)28(36-22-14-6-2-7-15-22)24-17-9-8-16-23(24)27(25)35-21-12-4-1-5-13-21/h1-18,27-28,32H,19-20H2,(H,33,34). The van der Waals surface area contributed by atoms with Crippen molar-refractivity contribution in [3.8, 4) is 11.5 Å². The van der Waals surface area contributed by atoms with Gasteiger partial charge in [-0.05, 0) is 30.7 Å². The number of carboxylic acid groups (broad SMARTS) is 1. The van der Waals surface area contributed by atoms with Crippen LogP contribution in [-0.2, 0) is 4.79 Å². The fraction of sp³-hybridized carbons (Fsp3) is 0.167. The lowest BCUT2D eigenvalue weighted by molar-refractivity contribution is -0.145. The Bertz CT molecular complexity index is 1320. The van der Waals surface area contributed by atoms with Crippen LogP contribution in [0.1, 0.15) is 29.8 Å². The number of carbonyl (C=O) groups is 1. The lowest BCUT2D eigenvalue weighted by Gasteiger charge is -2.36. The maximum absolute atomic E-state index is 12.3. The van der Waals surface area contributed by atoms with E-state index in [2.05, 4.69) is 5.32 Å². The summed E-state index contributed by atoms with van der Waals surface area (Å²) in [5.74, 6) is 0.456. The largest absolute Gasteiger partial charge is 0.481 e. The van der Waals surface area contributed by atoms with Gasteiger partial charge in [0.25, 0.3) is 0 Å². The maximum atomic E-state index is 12.3. The van der Waals surface area contributed by atoms with Gasteiger partial charge < -0.3 is 19.9 Å². The molecule has 0 spiro atoms. The van der Waals surface area contributed by atoms with Gasteiger partial charge in [-0.25, -0.2) is 0 Å². The van der Waals surface area contributed by atoms with Crippen LogP contribution in [0.5, 0.6) is 11.5 Å². The molecule has 5 nitrogen and oxygen atoms in total. The molecule has 3 unspecified atom stereocenters. The van der Waals surface area contributed by atoms with Crippen LogP contribution < -0.4 is 14.8 Å². The molecule has 0 heterocycles. The zero-order valence-corrected chi connectivity index (χ0v) is 20.3. The number of fused-ring (bicyclic) bond motifs is 1. The Hall–Kier alpha value is -3.96. The lowest BCUT2D eigenvalue weighted by Crippen LogP contribution is -2.42. The van der Waals surface area contributed by atoms with E-state index in [-0.39, 0.29) is 6.54 Å². The molecule has 0 saturated carbocycles. The molecule has 2 N–H and O–H groups in total. The fourth-order valence-electron chi connectivity index (χ4n) is 4.51. The summed E-state index contributed by atoms with van der Waals surface area (Å²) in [6.07, 6.45) is 6.44. The molecule has 0 radical (unpaired) electrons. The summed E-state index contributed by atoms with van der Waals surface area (Å²) in [7, 11) is 0. The van der Waals surface area contributed by atoms with Crippen molar-refractivity contribution >= 4 is 17.6 Å². The summed E-state index contributed by atoms with van der Waals surface area (Å²) < 4.78 is 12.8. The second-order valence-electron chi connectivity index (χ2n) is 8.82. The van der Waals surface area contributed by atoms with E-state index >= 15 is 0 Å². The molecule has 0 aliphatic heterocycles. The van der Waals surface area contributed by atoms with Crippen LogP contribution in [0.3, 0.4) is 0 Å². The highest BCUT2D eigenvalue weighted by molar-refractivity contribution is 6.30. The number of nitrogens with one attached hydrogen (secondary N) is 1. The van der Waals surface area contributed by atoms with Gasteiger partial charge >= 0.3 is 5.97 Å². The predicted octanol–water partition coefficient (Wildman–Crippen LogP) is 6.57. The molecule has 182 valence electrons. The van der Waals surface area contributed by atoms with E-state index in [0.717, 1.165) is 11.1 Å². The van der Waals surface area contributed by atoms with Gasteiger partial charge in [-0.3, -0.25) is 4.79 Å². The molecule has 36 heavy (non-hydrogen) atoms. The van der Waals surface area contributed by atoms with Gasteiger partial charge in [-0.1, -0.05) is 96.6 Å². The van der Waals surface area contributed by atoms with Gasteiger partial charge in [-0.2, -0.15) is 0 Å². The van der Waals surface area contributed by atoms with E-state index in [1.165, 1.54) is 0 Å². The van der Waals surface area contributed by atoms with Gasteiger partial charge in [-0.15, -0.1) is 0 Å². The number of halogens is 1. The van der Waals surface area contributed by atoms with Gasteiger partial charge in [0.05, 0.1) is 10.7 Å². The smallest absolute Gasteiger partial charge is 0.315 e. The number of aliphatic carboxylic acids is 1. The molecular formula is C30H26ClNO4. The average Bonchev–Trinajstić information content (AvgIpc) is 2.92. The Balaban J connectivity index is 1.56. The van der Waals surface area contributed by atoms with Crippen LogP contribution in [0.15, 0.2) is 120 Å². The highest BCUT2D eigenvalue weighted by atomic mass is 35.5. The molecule has 0 fully saturated rings. The first-order valence-electron chi connectivity index (χ1n) is 11.8. The second kappa shape index (κ2) is 10.3. The molecule has 0 bridgehead atoms. The maximum Gasteiger partial charge on any atom is 0.315 e.